The smallest absolute Gasteiger partial charge is 0.0771 e. The maximum Gasteiger partial charge on any atom is -0.0771 e. The predicted octanol–water partition coefficient (Wildman–Crippen LogP) is 5.21. The first-order valence-corrected chi connectivity index (χ1v) is 14.2. The quantitative estimate of drug-likeness (QED) is 0.265. The first-order valence-electron chi connectivity index (χ1n) is 9.38. The Kier molecular flexibility index (Phi) is 15.7. The van der Waals surface area contributed by atoms with Crippen LogP contribution in [0, 0.1) is 30.8 Å². The van der Waals surface area contributed by atoms with Gasteiger partial charge in [-0.05, 0) is 0 Å². The maximum atomic E-state index is 9.13. The van der Waals surface area contributed by atoms with Crippen molar-refractivity contribution >= 4 is 39.7 Å². The Hall–Kier alpha value is -3.22. The molecule has 0 bridgehead atoms. The molecule has 6 heteroatoms. The summed E-state index contributed by atoms with van der Waals surface area (Å²) in [5.74, 6) is 0.454. The summed E-state index contributed by atoms with van der Waals surface area (Å²) in [6, 6.07) is 19.3. The second-order valence-corrected chi connectivity index (χ2v) is 12.9. The molecule has 0 unspecified atom stereocenters. The summed E-state index contributed by atoms with van der Waals surface area (Å²) in [6.45, 7) is 4.54. The van der Waals surface area contributed by atoms with Crippen LogP contribution >= 0.6 is 0 Å². The van der Waals surface area contributed by atoms with Gasteiger partial charge in [0.2, 0.25) is 0 Å². The van der Waals surface area contributed by atoms with E-state index in [0.717, 1.165) is 6.42 Å². The number of terminal acetylenes is 2. The minimum atomic E-state index is -1.22. The van der Waals surface area contributed by atoms with Gasteiger partial charge in [-0.15, -0.1) is 59.0 Å². The Morgan fingerprint density at radius 2 is 1.34 bits per heavy atom. The normalized spacial score (nSPS) is 9.81. The van der Waals surface area contributed by atoms with Gasteiger partial charge in [0.1, 0.15) is 0 Å². The molecule has 0 saturated carbocycles. The summed E-state index contributed by atoms with van der Waals surface area (Å²) >= 11 is 2.27. The van der Waals surface area contributed by atoms with Crippen LogP contribution in [0.25, 0.3) is 21.5 Å². The van der Waals surface area contributed by atoms with Gasteiger partial charge < -0.3 is 10.2 Å². The van der Waals surface area contributed by atoms with Gasteiger partial charge in [-0.1, -0.05) is 36.4 Å². The van der Waals surface area contributed by atoms with Crippen LogP contribution in [0.4, 0.5) is 0 Å². The predicted molar refractivity (Wildman–Crippen MR) is 129 cm³/mol. The molecular formula is C26H24O4SiTi. The Morgan fingerprint density at radius 3 is 1.59 bits per heavy atom. The second-order valence-electron chi connectivity index (χ2n) is 6.22. The van der Waals surface area contributed by atoms with Crippen LogP contribution < -0.4 is 0 Å². The molecule has 160 valence electrons. The van der Waals surface area contributed by atoms with E-state index in [1.165, 1.54) is 33.4 Å². The number of carboxylic acid groups (broad SMARTS) is 2. The molecule has 0 atom stereocenters. The summed E-state index contributed by atoms with van der Waals surface area (Å²) in [4.78, 5) is 18.3. The third kappa shape index (κ3) is 13.9. The molecule has 0 amide bonds. The number of benzene rings is 2. The van der Waals surface area contributed by atoms with Crippen molar-refractivity contribution in [2.45, 2.75) is 19.5 Å². The third-order valence-corrected chi connectivity index (χ3v) is 3.36. The topological polar surface area (TPSA) is 74.6 Å². The number of fused-ring (bicyclic) bond motifs is 3. The molecular weight excluding hydrogens is 452 g/mol. The molecule has 0 spiro atoms. The number of hydrogen-bond donors (Lipinski definition) is 2. The maximum absolute atomic E-state index is 9.13. The van der Waals surface area contributed by atoms with Crippen molar-refractivity contribution in [3.05, 3.63) is 78.9 Å². The Labute approximate surface area is 201 Å². The molecule has 0 heterocycles. The van der Waals surface area contributed by atoms with E-state index in [2.05, 4.69) is 112 Å². The molecule has 0 saturated heterocycles. The first kappa shape index (κ1) is 28.8. The van der Waals surface area contributed by atoms with Crippen molar-refractivity contribution in [2.75, 3.05) is 0 Å². The molecule has 1 aliphatic carbocycles. The van der Waals surface area contributed by atoms with Crippen molar-refractivity contribution in [1.29, 1.82) is 0 Å². The second kappa shape index (κ2) is 17.5. The SMILES string of the molecule is C#CC(=O)O.C#CC(=O)O.C[Si](C)=[Ti+2].[C-]1=CC=CC1.c1ccc2c(c1)[cH-]c1ccccc12. The Balaban J connectivity index is 0.000000427. The molecule has 0 radical (unpaired) electrons. The van der Waals surface area contributed by atoms with Crippen LogP contribution in [0.2, 0.25) is 13.1 Å². The van der Waals surface area contributed by atoms with Crippen molar-refractivity contribution in [1.82, 2.24) is 0 Å². The van der Waals surface area contributed by atoms with E-state index in [-0.39, 0.29) is 6.19 Å². The average Bonchev–Trinajstić information content (AvgIpc) is 3.46. The van der Waals surface area contributed by atoms with E-state index in [9.17, 15) is 0 Å². The van der Waals surface area contributed by atoms with E-state index in [1.807, 2.05) is 12.2 Å². The van der Waals surface area contributed by atoms with Crippen LogP contribution in [0.15, 0.2) is 72.8 Å². The Morgan fingerprint density at radius 1 is 0.969 bits per heavy atom. The average molecular weight is 476 g/mol. The molecule has 3 aromatic carbocycles. The zero-order valence-electron chi connectivity index (χ0n) is 18.0. The molecule has 4 rings (SSSR count). The van der Waals surface area contributed by atoms with E-state index < -0.39 is 11.9 Å². The fourth-order valence-electron chi connectivity index (χ4n) is 2.24. The van der Waals surface area contributed by atoms with E-state index >= 15 is 0 Å². The number of rotatable bonds is 0. The van der Waals surface area contributed by atoms with Gasteiger partial charge in [-0.3, -0.25) is 6.08 Å². The third-order valence-electron chi connectivity index (χ3n) is 3.36. The summed E-state index contributed by atoms with van der Waals surface area (Å²) in [7, 11) is 0. The summed E-state index contributed by atoms with van der Waals surface area (Å²) in [5.41, 5.74) is 0. The standard InChI is InChI=1S/C13H9.C5H5.2C3H2O2.C2H6Si.Ti/c1-3-7-12-10(5-1)9-11-6-2-4-8-13(11)12;1-2-4-5-3-1;2*1-2-3(4)5;1-3-2;/h1-9H;1-3H,4H2;2*1H,(H,4,5);1-2H3;/q2*-1;;;;+2. The summed E-state index contributed by atoms with van der Waals surface area (Å²) in [5, 5.41) is 20.4. The number of aliphatic carboxylic acids is 2. The van der Waals surface area contributed by atoms with Crippen LogP contribution in [0.1, 0.15) is 6.42 Å². The van der Waals surface area contributed by atoms with Gasteiger partial charge in [0.15, 0.2) is 0 Å². The van der Waals surface area contributed by atoms with Crippen LogP contribution in [-0.4, -0.2) is 28.3 Å². The summed E-state index contributed by atoms with van der Waals surface area (Å²) in [6.07, 6.45) is 18.8. The molecule has 1 aliphatic rings. The fraction of sp³-hybridized carbons (Fsp3) is 0.115. The van der Waals surface area contributed by atoms with E-state index in [1.54, 1.807) is 0 Å². The van der Waals surface area contributed by atoms with Crippen molar-refractivity contribution in [3.8, 4) is 24.7 Å². The van der Waals surface area contributed by atoms with E-state index in [0.29, 0.717) is 0 Å². The van der Waals surface area contributed by atoms with Gasteiger partial charge in [0.25, 0.3) is 0 Å². The van der Waals surface area contributed by atoms with Gasteiger partial charge in [0.05, 0.1) is 0 Å². The zero-order valence-corrected chi connectivity index (χ0v) is 20.6. The number of allylic oxidation sites excluding steroid dienone is 4. The zero-order chi connectivity index (χ0) is 24.4. The van der Waals surface area contributed by atoms with Crippen molar-refractivity contribution < 1.29 is 39.0 Å². The number of carbonyl (C=O) groups is 2. The van der Waals surface area contributed by atoms with Crippen LogP contribution in [0.5, 0.6) is 0 Å². The molecule has 32 heavy (non-hydrogen) atoms. The number of carboxylic acids is 2. The van der Waals surface area contributed by atoms with Crippen molar-refractivity contribution in [3.63, 3.8) is 0 Å². The largest absolute Gasteiger partial charge is 0.273 e. The molecule has 0 aromatic heterocycles. The fourth-order valence-corrected chi connectivity index (χ4v) is 2.24. The van der Waals surface area contributed by atoms with Gasteiger partial charge >= 0.3 is 50.4 Å². The molecule has 0 fully saturated rings. The minimum absolute atomic E-state index is 0.120. The minimum Gasteiger partial charge on any atom is -0.273 e. The molecule has 0 aliphatic heterocycles. The van der Waals surface area contributed by atoms with E-state index in [4.69, 9.17) is 19.8 Å². The molecule has 4 nitrogen and oxygen atoms in total. The van der Waals surface area contributed by atoms with Gasteiger partial charge in [-0.25, -0.2) is 21.7 Å². The summed E-state index contributed by atoms with van der Waals surface area (Å²) < 4.78 is 0. The Bertz CT molecular complexity index is 1090. The molecule has 2 N–H and O–H groups in total. The van der Waals surface area contributed by atoms with Crippen molar-refractivity contribution in [2.24, 2.45) is 0 Å². The van der Waals surface area contributed by atoms with Gasteiger partial charge in [0, 0.05) is 11.8 Å². The monoisotopic (exact) mass is 476 g/mol. The first-order chi connectivity index (χ1) is 15.2. The van der Waals surface area contributed by atoms with Gasteiger partial charge in [-0.2, -0.15) is 6.08 Å². The molecule has 3 aromatic rings. The number of hydrogen-bond acceptors (Lipinski definition) is 2. The van der Waals surface area contributed by atoms with Crippen LogP contribution in [-0.2, 0) is 28.8 Å². The van der Waals surface area contributed by atoms with Crippen LogP contribution in [0.3, 0.4) is 0 Å².